The molecule has 0 saturated heterocycles. The van der Waals surface area contributed by atoms with E-state index < -0.39 is 35.5 Å². The molecule has 5 rings (SSSR count). The SMILES string of the molecule is CN(CCN/C=C\NN)Cc1c(-c2ccc(NC(N)=O)cc2)sc2c1c(=O)n(-c1ccccc1)c(=O)n2Cc1c(F)cccc1F. The number of nitrogens with zero attached hydrogens (tertiary/aromatic N) is 3. The van der Waals surface area contributed by atoms with E-state index in [1.165, 1.54) is 22.0 Å². The summed E-state index contributed by atoms with van der Waals surface area (Å²) in [4.78, 5) is 42.8. The molecule has 46 heavy (non-hydrogen) atoms. The lowest BCUT2D eigenvalue weighted by Crippen LogP contribution is -2.39. The van der Waals surface area contributed by atoms with Crippen molar-refractivity contribution in [2.75, 3.05) is 25.5 Å². The van der Waals surface area contributed by atoms with E-state index in [-0.39, 0.29) is 15.8 Å². The molecule has 3 aromatic carbocycles. The number of likely N-dealkylation sites (N-methyl/N-ethyl adjacent to an activating group) is 1. The summed E-state index contributed by atoms with van der Waals surface area (Å²) in [6.07, 6.45) is 3.21. The number of aromatic nitrogens is 2. The van der Waals surface area contributed by atoms with E-state index in [2.05, 4.69) is 16.1 Å². The summed E-state index contributed by atoms with van der Waals surface area (Å²) in [5, 5.41) is 5.89. The summed E-state index contributed by atoms with van der Waals surface area (Å²) in [6.45, 7) is 0.988. The molecule has 0 aliphatic carbocycles. The van der Waals surface area contributed by atoms with Crippen LogP contribution in [0.2, 0.25) is 0 Å². The van der Waals surface area contributed by atoms with Crippen LogP contribution < -0.4 is 38.9 Å². The minimum absolute atomic E-state index is 0.256. The minimum Gasteiger partial charge on any atom is -0.388 e. The van der Waals surface area contributed by atoms with Crippen molar-refractivity contribution in [3.63, 3.8) is 0 Å². The van der Waals surface area contributed by atoms with Crippen molar-refractivity contribution < 1.29 is 13.6 Å². The summed E-state index contributed by atoms with van der Waals surface area (Å²) < 4.78 is 32.1. The Morgan fingerprint density at radius 1 is 0.957 bits per heavy atom. The van der Waals surface area contributed by atoms with Crippen LogP contribution in [0, 0.1) is 11.6 Å². The number of urea groups is 1. The molecule has 0 bridgehead atoms. The van der Waals surface area contributed by atoms with E-state index in [9.17, 15) is 23.2 Å². The zero-order chi connectivity index (χ0) is 32.8. The first kappa shape index (κ1) is 32.1. The molecule has 7 N–H and O–H groups in total. The molecule has 0 fully saturated rings. The molecule has 2 amide bonds. The van der Waals surface area contributed by atoms with E-state index in [1.807, 2.05) is 11.9 Å². The molecule has 0 aliphatic rings. The van der Waals surface area contributed by atoms with Gasteiger partial charge in [-0.25, -0.2) is 22.9 Å². The van der Waals surface area contributed by atoms with Gasteiger partial charge in [0.15, 0.2) is 0 Å². The highest BCUT2D eigenvalue weighted by Gasteiger charge is 2.25. The summed E-state index contributed by atoms with van der Waals surface area (Å²) in [7, 11) is 1.89. The van der Waals surface area contributed by atoms with Crippen molar-refractivity contribution in [2.45, 2.75) is 13.1 Å². The van der Waals surface area contributed by atoms with E-state index in [1.54, 1.807) is 67.0 Å². The van der Waals surface area contributed by atoms with Gasteiger partial charge < -0.3 is 26.7 Å². The van der Waals surface area contributed by atoms with Gasteiger partial charge in [0, 0.05) is 48.2 Å². The molecule has 2 aromatic heterocycles. The smallest absolute Gasteiger partial charge is 0.337 e. The van der Waals surface area contributed by atoms with Gasteiger partial charge in [-0.05, 0) is 54.6 Å². The maximum Gasteiger partial charge on any atom is 0.337 e. The van der Waals surface area contributed by atoms with E-state index in [4.69, 9.17) is 11.6 Å². The Bertz CT molecular complexity index is 1990. The molecule has 11 nitrogen and oxygen atoms in total. The van der Waals surface area contributed by atoms with E-state index in [0.29, 0.717) is 47.0 Å². The quantitative estimate of drug-likeness (QED) is 0.0788. The number of amides is 2. The number of hydrazine groups is 1. The van der Waals surface area contributed by atoms with E-state index in [0.717, 1.165) is 16.7 Å². The molecule has 238 valence electrons. The van der Waals surface area contributed by atoms with Crippen LogP contribution in [-0.4, -0.2) is 40.2 Å². The number of halogens is 2. The molecule has 0 unspecified atom stereocenters. The molecule has 0 radical (unpaired) electrons. The predicted octanol–water partition coefficient (Wildman–Crippen LogP) is 3.65. The van der Waals surface area contributed by atoms with Crippen molar-refractivity contribution in [1.82, 2.24) is 24.8 Å². The van der Waals surface area contributed by atoms with Crippen molar-refractivity contribution in [1.29, 1.82) is 0 Å². The lowest BCUT2D eigenvalue weighted by Gasteiger charge is -2.18. The normalized spacial score (nSPS) is 11.4. The first-order valence-corrected chi connectivity index (χ1v) is 15.0. The van der Waals surface area contributed by atoms with Crippen molar-refractivity contribution in [2.24, 2.45) is 11.6 Å². The molecular formula is C32H32F2N8O3S. The second-order valence-electron chi connectivity index (χ2n) is 10.4. The van der Waals surface area contributed by atoms with Gasteiger partial charge in [0.1, 0.15) is 16.5 Å². The lowest BCUT2D eigenvalue weighted by atomic mass is 10.1. The van der Waals surface area contributed by atoms with Gasteiger partial charge in [-0.2, -0.15) is 0 Å². The molecular weight excluding hydrogens is 614 g/mol. The number of nitrogens with one attached hydrogen (secondary N) is 3. The van der Waals surface area contributed by atoms with Gasteiger partial charge in [-0.15, -0.1) is 11.3 Å². The summed E-state index contributed by atoms with van der Waals surface area (Å²) in [5.41, 5.74) is 8.23. The number of hydrogen-bond acceptors (Lipinski definition) is 8. The number of nitrogens with two attached hydrogens (primary N) is 2. The monoisotopic (exact) mass is 646 g/mol. The Morgan fingerprint density at radius 3 is 2.30 bits per heavy atom. The van der Waals surface area contributed by atoms with Crippen molar-refractivity contribution in [3.05, 3.63) is 129 Å². The summed E-state index contributed by atoms with van der Waals surface area (Å²) in [6, 6.07) is 18.1. The number of anilines is 1. The maximum atomic E-state index is 14.9. The van der Waals surface area contributed by atoms with Crippen molar-refractivity contribution in [3.8, 4) is 16.1 Å². The standard InChI is InChI=1S/C32H32F2N8O3S/c1-40(17-16-37-14-15-38-36)18-24-27-29(43)42(22-6-3-2-4-7-22)32(45)41(19-23-25(33)8-5-9-26(23)34)30(27)46-28(24)20-10-12-21(13-11-20)39-31(35)44/h2-15,37-38H,16-19,36H2,1H3,(H3,35,39,44)/b15-14-. The Morgan fingerprint density at radius 2 is 1.65 bits per heavy atom. The molecule has 2 heterocycles. The summed E-state index contributed by atoms with van der Waals surface area (Å²) in [5.74, 6) is 3.65. The Balaban J connectivity index is 1.75. The third kappa shape index (κ3) is 6.83. The van der Waals surface area contributed by atoms with Crippen LogP contribution in [0.5, 0.6) is 0 Å². The minimum atomic E-state index is -0.807. The third-order valence-electron chi connectivity index (χ3n) is 7.24. The second-order valence-corrected chi connectivity index (χ2v) is 11.4. The first-order valence-electron chi connectivity index (χ1n) is 14.2. The number of para-hydroxylation sites is 1. The lowest BCUT2D eigenvalue weighted by molar-refractivity contribution is 0.259. The molecule has 0 spiro atoms. The zero-order valence-corrected chi connectivity index (χ0v) is 25.6. The highest BCUT2D eigenvalue weighted by Crippen LogP contribution is 2.38. The first-order chi connectivity index (χ1) is 22.2. The van der Waals surface area contributed by atoms with Crippen LogP contribution in [-0.2, 0) is 13.1 Å². The summed E-state index contributed by atoms with van der Waals surface area (Å²) >= 11 is 1.18. The predicted molar refractivity (Wildman–Crippen MR) is 177 cm³/mol. The van der Waals surface area contributed by atoms with Crippen LogP contribution >= 0.6 is 11.3 Å². The number of hydrogen-bond donors (Lipinski definition) is 5. The number of carbonyl (C=O) groups excluding carboxylic acids is 1. The van der Waals surface area contributed by atoms with Crippen LogP contribution in [0.1, 0.15) is 11.1 Å². The fourth-order valence-electron chi connectivity index (χ4n) is 5.08. The van der Waals surface area contributed by atoms with Gasteiger partial charge in [0.25, 0.3) is 5.56 Å². The number of carbonyl (C=O) groups is 1. The van der Waals surface area contributed by atoms with Crippen molar-refractivity contribution >= 4 is 33.3 Å². The third-order valence-corrected chi connectivity index (χ3v) is 8.55. The molecule has 5 aromatic rings. The average molecular weight is 647 g/mol. The maximum absolute atomic E-state index is 14.9. The Kier molecular flexibility index (Phi) is 9.91. The number of benzene rings is 3. The fraction of sp³-hybridized carbons (Fsp3) is 0.156. The van der Waals surface area contributed by atoms with Crippen LogP contribution in [0.4, 0.5) is 19.3 Å². The van der Waals surface area contributed by atoms with Gasteiger partial charge >= 0.3 is 11.7 Å². The van der Waals surface area contributed by atoms with Gasteiger partial charge in [0.05, 0.1) is 17.6 Å². The van der Waals surface area contributed by atoms with Crippen LogP contribution in [0.15, 0.2) is 94.8 Å². The zero-order valence-electron chi connectivity index (χ0n) is 24.8. The number of fused-ring (bicyclic) bond motifs is 1. The number of rotatable bonds is 12. The van der Waals surface area contributed by atoms with Crippen LogP contribution in [0.25, 0.3) is 26.3 Å². The van der Waals surface area contributed by atoms with E-state index >= 15 is 0 Å². The van der Waals surface area contributed by atoms with Gasteiger partial charge in [-0.1, -0.05) is 36.4 Å². The highest BCUT2D eigenvalue weighted by atomic mass is 32.1. The topological polar surface area (TPSA) is 152 Å². The largest absolute Gasteiger partial charge is 0.388 e. The molecule has 0 atom stereocenters. The van der Waals surface area contributed by atoms with Gasteiger partial charge in [-0.3, -0.25) is 15.2 Å². The number of thiophene rings is 1. The van der Waals surface area contributed by atoms with Crippen LogP contribution in [0.3, 0.4) is 0 Å². The molecule has 14 heteroatoms. The Labute approximate surface area is 266 Å². The second kappa shape index (κ2) is 14.2. The molecule has 0 aliphatic heterocycles. The Hall–Kier alpha value is -5.31. The van der Waals surface area contributed by atoms with Gasteiger partial charge in [0.2, 0.25) is 0 Å². The highest BCUT2D eigenvalue weighted by molar-refractivity contribution is 7.22. The molecule has 0 saturated carbocycles. The average Bonchev–Trinajstić information content (AvgIpc) is 3.40. The fourth-order valence-corrected chi connectivity index (χ4v) is 6.38. The number of primary amides is 1.